The minimum absolute atomic E-state index is 0.0175. The third-order valence-corrected chi connectivity index (χ3v) is 2.58. The van der Waals surface area contributed by atoms with Crippen LogP contribution < -0.4 is 11.0 Å². The van der Waals surface area contributed by atoms with Gasteiger partial charge in [0, 0.05) is 11.6 Å². The zero-order valence-electron chi connectivity index (χ0n) is 9.37. The van der Waals surface area contributed by atoms with Gasteiger partial charge in [-0.3, -0.25) is 9.78 Å². The first-order valence-electron chi connectivity index (χ1n) is 5.32. The Labute approximate surface area is 107 Å². The average Bonchev–Trinajstić information content (AvgIpc) is 2.78. The highest BCUT2D eigenvalue weighted by molar-refractivity contribution is 6.30. The van der Waals surface area contributed by atoms with Crippen molar-refractivity contribution in [1.29, 1.82) is 0 Å². The number of benzene rings is 1. The number of carbonyl (C=O) groups is 1. The molecule has 0 radical (unpaired) electrons. The molecule has 1 aromatic heterocycles. The fraction of sp³-hybridized carbons (Fsp3) is 0.182. The summed E-state index contributed by atoms with van der Waals surface area (Å²) in [4.78, 5) is 24.6. The van der Waals surface area contributed by atoms with Gasteiger partial charge < -0.3 is 5.32 Å². The lowest BCUT2D eigenvalue weighted by molar-refractivity contribution is 0.0944. The standard InChI is InChI=1S/C11H11ClN4O2/c12-8-3-1-7(2-4-8)5-6-13-10(17)9-14-11(18)16-15-9/h1-4H,5-6H2,(H,13,17)(H2,14,15,16,18). The van der Waals surface area contributed by atoms with E-state index in [2.05, 4.69) is 20.5 Å². The van der Waals surface area contributed by atoms with Crippen LogP contribution in [-0.4, -0.2) is 27.6 Å². The smallest absolute Gasteiger partial charge is 0.341 e. The van der Waals surface area contributed by atoms with Crippen LogP contribution in [0, 0.1) is 0 Å². The van der Waals surface area contributed by atoms with E-state index in [1.807, 2.05) is 12.1 Å². The summed E-state index contributed by atoms with van der Waals surface area (Å²) in [6.07, 6.45) is 0.678. The Morgan fingerprint density at radius 2 is 2.06 bits per heavy atom. The van der Waals surface area contributed by atoms with E-state index in [0.717, 1.165) is 5.56 Å². The molecule has 0 aliphatic rings. The number of rotatable bonds is 4. The van der Waals surface area contributed by atoms with E-state index in [1.54, 1.807) is 12.1 Å². The summed E-state index contributed by atoms with van der Waals surface area (Å²) in [5.74, 6) is -0.432. The molecule has 0 saturated carbocycles. The molecule has 0 saturated heterocycles. The molecule has 94 valence electrons. The zero-order valence-corrected chi connectivity index (χ0v) is 10.1. The van der Waals surface area contributed by atoms with Crippen LogP contribution in [0.5, 0.6) is 0 Å². The van der Waals surface area contributed by atoms with E-state index in [4.69, 9.17) is 11.6 Å². The van der Waals surface area contributed by atoms with Crippen molar-refractivity contribution in [2.24, 2.45) is 0 Å². The molecule has 2 rings (SSSR count). The summed E-state index contributed by atoms with van der Waals surface area (Å²) in [7, 11) is 0. The fourth-order valence-corrected chi connectivity index (χ4v) is 1.56. The summed E-state index contributed by atoms with van der Waals surface area (Å²) < 4.78 is 0. The van der Waals surface area contributed by atoms with Gasteiger partial charge in [-0.2, -0.15) is 0 Å². The Bertz CT molecular complexity index is 588. The van der Waals surface area contributed by atoms with Gasteiger partial charge in [-0.1, -0.05) is 23.7 Å². The molecule has 6 nitrogen and oxygen atoms in total. The number of nitrogens with one attached hydrogen (secondary N) is 3. The second-order valence-corrected chi connectivity index (χ2v) is 4.10. The summed E-state index contributed by atoms with van der Waals surface area (Å²) in [6, 6.07) is 7.38. The Balaban J connectivity index is 1.83. The molecule has 0 fully saturated rings. The van der Waals surface area contributed by atoms with Crippen LogP contribution in [0.15, 0.2) is 29.1 Å². The third kappa shape index (κ3) is 3.21. The topological polar surface area (TPSA) is 90.6 Å². The van der Waals surface area contributed by atoms with Crippen LogP contribution in [0.2, 0.25) is 5.02 Å². The second-order valence-electron chi connectivity index (χ2n) is 3.66. The van der Waals surface area contributed by atoms with Crippen molar-refractivity contribution in [3.63, 3.8) is 0 Å². The van der Waals surface area contributed by atoms with Gasteiger partial charge in [0.15, 0.2) is 0 Å². The van der Waals surface area contributed by atoms with Gasteiger partial charge in [0.1, 0.15) is 0 Å². The predicted molar refractivity (Wildman–Crippen MR) is 66.7 cm³/mol. The molecule has 0 spiro atoms. The quantitative estimate of drug-likeness (QED) is 0.762. The van der Waals surface area contributed by atoms with Crippen LogP contribution in [0.3, 0.4) is 0 Å². The van der Waals surface area contributed by atoms with Crippen molar-refractivity contribution in [2.45, 2.75) is 6.42 Å². The molecule has 3 N–H and O–H groups in total. The van der Waals surface area contributed by atoms with E-state index < -0.39 is 11.6 Å². The van der Waals surface area contributed by atoms with Gasteiger partial charge in [0.2, 0.25) is 5.82 Å². The van der Waals surface area contributed by atoms with Gasteiger partial charge in [-0.05, 0) is 24.1 Å². The van der Waals surface area contributed by atoms with Crippen molar-refractivity contribution in [1.82, 2.24) is 20.5 Å². The van der Waals surface area contributed by atoms with Crippen molar-refractivity contribution in [2.75, 3.05) is 6.54 Å². The van der Waals surface area contributed by atoms with E-state index in [9.17, 15) is 9.59 Å². The number of hydrogen-bond donors (Lipinski definition) is 3. The number of carbonyl (C=O) groups excluding carboxylic acids is 1. The lowest BCUT2D eigenvalue weighted by Crippen LogP contribution is -2.27. The molecule has 0 aliphatic carbocycles. The van der Waals surface area contributed by atoms with Crippen molar-refractivity contribution < 1.29 is 4.79 Å². The molecular weight excluding hydrogens is 256 g/mol. The van der Waals surface area contributed by atoms with Crippen LogP contribution >= 0.6 is 11.6 Å². The number of halogens is 1. The molecule has 7 heteroatoms. The number of amides is 1. The molecule has 0 atom stereocenters. The van der Waals surface area contributed by atoms with Crippen LogP contribution in [0.1, 0.15) is 16.2 Å². The van der Waals surface area contributed by atoms with Gasteiger partial charge in [-0.25, -0.2) is 9.89 Å². The van der Waals surface area contributed by atoms with Crippen molar-refractivity contribution >= 4 is 17.5 Å². The highest BCUT2D eigenvalue weighted by Gasteiger charge is 2.08. The normalized spacial score (nSPS) is 10.3. The largest absolute Gasteiger partial charge is 0.349 e. The number of nitrogens with zero attached hydrogens (tertiary/aromatic N) is 1. The van der Waals surface area contributed by atoms with Gasteiger partial charge >= 0.3 is 5.69 Å². The lowest BCUT2D eigenvalue weighted by atomic mass is 10.1. The lowest BCUT2D eigenvalue weighted by Gasteiger charge is -2.03. The highest BCUT2D eigenvalue weighted by Crippen LogP contribution is 2.09. The summed E-state index contributed by atoms with van der Waals surface area (Å²) in [5.41, 5.74) is 0.563. The molecule has 0 aliphatic heterocycles. The van der Waals surface area contributed by atoms with E-state index >= 15 is 0 Å². The first-order valence-corrected chi connectivity index (χ1v) is 5.70. The maximum atomic E-state index is 11.5. The Morgan fingerprint density at radius 1 is 1.33 bits per heavy atom. The zero-order chi connectivity index (χ0) is 13.0. The molecule has 0 bridgehead atoms. The highest BCUT2D eigenvalue weighted by atomic mass is 35.5. The monoisotopic (exact) mass is 266 g/mol. The Kier molecular flexibility index (Phi) is 3.78. The number of aromatic nitrogens is 3. The number of H-pyrrole nitrogens is 2. The second kappa shape index (κ2) is 5.50. The predicted octanol–water partition coefficient (Wildman–Crippen LogP) is 0.724. The molecule has 1 aromatic carbocycles. The summed E-state index contributed by atoms with van der Waals surface area (Å²) >= 11 is 5.76. The maximum Gasteiger partial charge on any atom is 0.341 e. The van der Waals surface area contributed by atoms with Crippen LogP contribution in [0.4, 0.5) is 0 Å². The van der Waals surface area contributed by atoms with Gasteiger partial charge in [0.05, 0.1) is 0 Å². The summed E-state index contributed by atoms with van der Waals surface area (Å²) in [6.45, 7) is 0.454. The number of aromatic amines is 2. The van der Waals surface area contributed by atoms with Gasteiger partial charge in [0.25, 0.3) is 5.91 Å². The SMILES string of the molecule is O=C(NCCc1ccc(Cl)cc1)c1n[nH]c(=O)[nH]1. The molecule has 2 aromatic rings. The van der Waals surface area contributed by atoms with Crippen LogP contribution in [-0.2, 0) is 6.42 Å². The van der Waals surface area contributed by atoms with Crippen molar-refractivity contribution in [3.05, 3.63) is 51.2 Å². The van der Waals surface area contributed by atoms with E-state index in [-0.39, 0.29) is 5.82 Å². The Hall–Kier alpha value is -2.08. The van der Waals surface area contributed by atoms with Crippen LogP contribution in [0.25, 0.3) is 0 Å². The first kappa shape index (κ1) is 12.4. The summed E-state index contributed by atoms with van der Waals surface area (Å²) in [5, 5.41) is 8.99. The molecule has 1 heterocycles. The maximum absolute atomic E-state index is 11.5. The minimum Gasteiger partial charge on any atom is -0.349 e. The molecule has 0 unspecified atom stereocenters. The molecule has 18 heavy (non-hydrogen) atoms. The Morgan fingerprint density at radius 3 is 2.67 bits per heavy atom. The van der Waals surface area contributed by atoms with E-state index in [1.165, 1.54) is 0 Å². The third-order valence-electron chi connectivity index (χ3n) is 2.33. The average molecular weight is 267 g/mol. The molecule has 1 amide bonds. The molecular formula is C11H11ClN4O2. The minimum atomic E-state index is -0.502. The number of hydrogen-bond acceptors (Lipinski definition) is 3. The van der Waals surface area contributed by atoms with E-state index in [0.29, 0.717) is 18.0 Å². The fourth-order valence-electron chi connectivity index (χ4n) is 1.43. The van der Waals surface area contributed by atoms with Crippen molar-refractivity contribution in [3.8, 4) is 0 Å². The first-order chi connectivity index (χ1) is 8.65. The van der Waals surface area contributed by atoms with Gasteiger partial charge in [-0.15, -0.1) is 5.10 Å².